The Hall–Kier alpha value is -0.590. The van der Waals surface area contributed by atoms with Gasteiger partial charge in [-0.05, 0) is 56.5 Å². The maximum Gasteiger partial charge on any atom is 0.323 e. The van der Waals surface area contributed by atoms with Gasteiger partial charge in [0.05, 0.1) is 17.4 Å². The average molecular weight is 369 g/mol. The Kier molecular flexibility index (Phi) is 3.63. The zero-order chi connectivity index (χ0) is 14.6. The van der Waals surface area contributed by atoms with E-state index in [0.29, 0.717) is 20.3 Å². The molecule has 1 aromatic carbocycles. The molecule has 0 amide bonds. The van der Waals surface area contributed by atoms with Crippen LogP contribution in [0.3, 0.4) is 0 Å². The zero-order valence-electron chi connectivity index (χ0n) is 10.9. The lowest BCUT2D eigenvalue weighted by molar-refractivity contribution is -0.142. The summed E-state index contributed by atoms with van der Waals surface area (Å²) in [6, 6.07) is 3.35. The van der Waals surface area contributed by atoms with Gasteiger partial charge in [0.2, 0.25) is 0 Å². The standard InChI is InChI=1S/C11H13Br2NO3/c1-11(14,10(15)16)5-6-3-7(12)9(17-2)8(13)4-6/h3-4H,5,14H2,1-2H3,(H,15,16)/t11-/m0/s1/i1D,2D. The molecule has 0 spiro atoms. The van der Waals surface area contributed by atoms with E-state index in [-0.39, 0.29) is 13.5 Å². The lowest BCUT2D eigenvalue weighted by atomic mass is 9.94. The van der Waals surface area contributed by atoms with Crippen LogP contribution >= 0.6 is 31.9 Å². The van der Waals surface area contributed by atoms with Gasteiger partial charge in [0.1, 0.15) is 11.3 Å². The molecule has 0 aliphatic rings. The molecule has 6 heteroatoms. The molecule has 17 heavy (non-hydrogen) atoms. The first kappa shape index (κ1) is 11.5. The fraction of sp³-hybridized carbons (Fsp3) is 0.364. The first-order valence-electron chi connectivity index (χ1n) is 5.97. The fourth-order valence-electron chi connectivity index (χ4n) is 1.29. The van der Waals surface area contributed by atoms with E-state index in [1.807, 2.05) is 0 Å². The van der Waals surface area contributed by atoms with Crippen LogP contribution in [0.15, 0.2) is 21.1 Å². The lowest BCUT2D eigenvalue weighted by Gasteiger charge is -2.20. The van der Waals surface area contributed by atoms with Crippen molar-refractivity contribution in [1.82, 2.24) is 0 Å². The molecule has 0 aliphatic carbocycles. The molecule has 94 valence electrons. The summed E-state index contributed by atoms with van der Waals surface area (Å²) in [5.74, 6) is -0.733. The van der Waals surface area contributed by atoms with Crippen molar-refractivity contribution in [1.29, 1.82) is 0 Å². The molecule has 0 radical (unpaired) electrons. The molecule has 1 aromatic rings. The highest BCUT2D eigenvalue weighted by molar-refractivity contribution is 9.11. The van der Waals surface area contributed by atoms with Crippen molar-refractivity contribution in [3.8, 4) is 5.75 Å². The number of carbonyl (C=O) groups is 1. The van der Waals surface area contributed by atoms with Crippen LogP contribution in [0.1, 0.15) is 15.2 Å². The van der Waals surface area contributed by atoms with Gasteiger partial charge in [-0.3, -0.25) is 4.79 Å². The van der Waals surface area contributed by atoms with Gasteiger partial charge in [-0.2, -0.15) is 0 Å². The largest absolute Gasteiger partial charge is 0.494 e. The average Bonchev–Trinajstić information content (AvgIpc) is 2.33. The molecule has 3 N–H and O–H groups in total. The summed E-state index contributed by atoms with van der Waals surface area (Å²) in [6.45, 7) is -0.414. The minimum absolute atomic E-state index is 0.0319. The summed E-state index contributed by atoms with van der Waals surface area (Å²) in [6.07, 6.45) is 0.0319. The SMILES string of the molecule is [2H]COc1c(Br)cc(C[C@@](N)(C[2H])C(=O)O)cc1Br. The van der Waals surface area contributed by atoms with Crippen LogP contribution in [-0.4, -0.2) is 23.7 Å². The van der Waals surface area contributed by atoms with Crippen LogP contribution in [0.25, 0.3) is 0 Å². The zero-order valence-corrected chi connectivity index (χ0v) is 12.0. The molecular formula is C11H13Br2NO3. The first-order chi connectivity index (χ1) is 8.84. The second kappa shape index (κ2) is 5.37. The molecule has 4 nitrogen and oxygen atoms in total. The number of benzene rings is 1. The summed E-state index contributed by atoms with van der Waals surface area (Å²) in [4.78, 5) is 11.1. The van der Waals surface area contributed by atoms with Gasteiger partial charge in [-0.15, -0.1) is 0 Å². The van der Waals surface area contributed by atoms with Crippen LogP contribution in [0, 0.1) is 0 Å². The van der Waals surface area contributed by atoms with Crippen LogP contribution in [0.2, 0.25) is 0 Å². The number of ether oxygens (including phenoxy) is 1. The number of hydrogen-bond acceptors (Lipinski definition) is 3. The van der Waals surface area contributed by atoms with E-state index in [0.717, 1.165) is 0 Å². The highest BCUT2D eigenvalue weighted by Gasteiger charge is 2.28. The van der Waals surface area contributed by atoms with E-state index < -0.39 is 18.4 Å². The Labute approximate surface area is 119 Å². The molecule has 0 aliphatic heterocycles. The number of carboxylic acid groups (broad SMARTS) is 1. The van der Waals surface area contributed by atoms with E-state index in [1.54, 1.807) is 12.1 Å². The lowest BCUT2D eigenvalue weighted by Crippen LogP contribution is -2.46. The van der Waals surface area contributed by atoms with Gasteiger partial charge >= 0.3 is 5.97 Å². The smallest absolute Gasteiger partial charge is 0.323 e. The Balaban J connectivity index is 3.07. The highest BCUT2D eigenvalue weighted by Crippen LogP contribution is 2.35. The molecule has 0 saturated carbocycles. The Morgan fingerprint density at radius 1 is 1.59 bits per heavy atom. The number of aliphatic carboxylic acids is 1. The van der Waals surface area contributed by atoms with Crippen LogP contribution in [-0.2, 0) is 11.2 Å². The van der Waals surface area contributed by atoms with Crippen LogP contribution in [0.4, 0.5) is 0 Å². The number of rotatable bonds is 4. The van der Waals surface area contributed by atoms with Gasteiger partial charge in [-0.1, -0.05) is 0 Å². The summed E-state index contributed by atoms with van der Waals surface area (Å²) in [7, 11) is -0.223. The van der Waals surface area contributed by atoms with Gasteiger partial charge < -0.3 is 15.6 Å². The van der Waals surface area contributed by atoms with Crippen molar-refractivity contribution in [3.63, 3.8) is 0 Å². The predicted molar refractivity (Wildman–Crippen MR) is 72.3 cm³/mol. The summed E-state index contributed by atoms with van der Waals surface area (Å²) in [5.41, 5.74) is 4.74. The number of nitrogens with two attached hydrogens (primary N) is 1. The Morgan fingerprint density at radius 3 is 2.59 bits per heavy atom. The van der Waals surface area contributed by atoms with Crippen molar-refractivity contribution in [2.24, 2.45) is 5.73 Å². The van der Waals surface area contributed by atoms with E-state index in [1.165, 1.54) is 0 Å². The quantitative estimate of drug-likeness (QED) is 0.856. The van der Waals surface area contributed by atoms with Gasteiger partial charge in [0, 0.05) is 7.79 Å². The highest BCUT2D eigenvalue weighted by atomic mass is 79.9. The number of carboxylic acids is 1. The van der Waals surface area contributed by atoms with Crippen molar-refractivity contribution < 1.29 is 17.4 Å². The molecule has 0 heterocycles. The summed E-state index contributed by atoms with van der Waals surface area (Å²) < 4.78 is 20.6. The van der Waals surface area contributed by atoms with Crippen LogP contribution < -0.4 is 10.5 Å². The molecule has 0 bridgehead atoms. The molecule has 0 fully saturated rings. The molecular weight excluding hydrogens is 354 g/mol. The maximum absolute atomic E-state index is 11.1. The normalized spacial score (nSPS) is 15.7. The topological polar surface area (TPSA) is 72.5 Å². The maximum atomic E-state index is 11.1. The minimum atomic E-state index is -1.61. The van der Waals surface area contributed by atoms with Crippen molar-refractivity contribution >= 4 is 37.8 Å². The van der Waals surface area contributed by atoms with Gasteiger partial charge in [0.25, 0.3) is 0 Å². The number of halogens is 2. The fourth-order valence-corrected chi connectivity index (χ4v) is 2.80. The van der Waals surface area contributed by atoms with Crippen molar-refractivity contribution in [2.45, 2.75) is 18.9 Å². The molecule has 0 aromatic heterocycles. The summed E-state index contributed by atoms with van der Waals surface area (Å²) >= 11 is 6.58. The minimum Gasteiger partial charge on any atom is -0.494 e. The van der Waals surface area contributed by atoms with Gasteiger partial charge in [0.15, 0.2) is 0 Å². The third kappa shape index (κ3) is 3.43. The molecule has 0 unspecified atom stereocenters. The Morgan fingerprint density at radius 2 is 2.18 bits per heavy atom. The second-order valence-corrected chi connectivity index (χ2v) is 5.38. The molecule has 0 saturated heterocycles. The Bertz CT molecular complexity index is 464. The van der Waals surface area contributed by atoms with Crippen molar-refractivity contribution in [3.05, 3.63) is 26.6 Å². The van der Waals surface area contributed by atoms with Gasteiger partial charge in [-0.25, -0.2) is 0 Å². The first-order valence-corrected chi connectivity index (χ1v) is 6.14. The van der Waals surface area contributed by atoms with E-state index in [9.17, 15) is 4.79 Å². The molecule has 1 atom stereocenters. The number of methoxy groups -OCH3 is 1. The van der Waals surface area contributed by atoms with E-state index in [4.69, 9.17) is 18.3 Å². The predicted octanol–water partition coefficient (Wildman–Crippen LogP) is 2.56. The van der Waals surface area contributed by atoms with Crippen molar-refractivity contribution in [2.75, 3.05) is 7.09 Å². The summed E-state index contributed by atoms with van der Waals surface area (Å²) in [5, 5.41) is 9.05. The molecule has 1 rings (SSSR count). The van der Waals surface area contributed by atoms with E-state index >= 15 is 0 Å². The third-order valence-corrected chi connectivity index (χ3v) is 3.33. The van der Waals surface area contributed by atoms with Crippen LogP contribution in [0.5, 0.6) is 5.75 Å². The monoisotopic (exact) mass is 367 g/mol. The second-order valence-electron chi connectivity index (χ2n) is 3.67. The van der Waals surface area contributed by atoms with E-state index in [2.05, 4.69) is 31.9 Å². The number of hydrogen-bond donors (Lipinski definition) is 2. The third-order valence-electron chi connectivity index (χ3n) is 2.15.